The molecule has 0 saturated carbocycles. The fourth-order valence-corrected chi connectivity index (χ4v) is 3.00. The van der Waals surface area contributed by atoms with E-state index in [2.05, 4.69) is 16.0 Å². The Balaban J connectivity index is 2.15. The SMILES string of the molecule is CCNC(=O)NC(=O)[C@@H](c1ccccc1)N(C)CC(=O)Nc1cc(C)ccc1C. The summed E-state index contributed by atoms with van der Waals surface area (Å²) in [5, 5.41) is 7.77. The average Bonchev–Trinajstić information content (AvgIpc) is 2.65. The van der Waals surface area contributed by atoms with E-state index in [-0.39, 0.29) is 12.5 Å². The number of carbonyl (C=O) groups excluding carboxylic acids is 3. The minimum atomic E-state index is -0.789. The summed E-state index contributed by atoms with van der Waals surface area (Å²) < 4.78 is 0. The van der Waals surface area contributed by atoms with Crippen LogP contribution in [0.2, 0.25) is 0 Å². The Bertz CT molecular complexity index is 868. The first kappa shape index (κ1) is 22.1. The molecule has 0 aliphatic carbocycles. The molecule has 3 N–H and O–H groups in total. The van der Waals surface area contributed by atoms with Gasteiger partial charge in [0.05, 0.1) is 6.54 Å². The van der Waals surface area contributed by atoms with E-state index < -0.39 is 18.0 Å². The van der Waals surface area contributed by atoms with Crippen molar-refractivity contribution in [3.05, 3.63) is 65.2 Å². The van der Waals surface area contributed by atoms with E-state index in [0.29, 0.717) is 12.1 Å². The van der Waals surface area contributed by atoms with Crippen LogP contribution in [0.15, 0.2) is 48.5 Å². The van der Waals surface area contributed by atoms with Gasteiger partial charge in [-0.05, 0) is 50.6 Å². The minimum Gasteiger partial charge on any atom is -0.338 e. The number of likely N-dealkylation sites (N-methyl/N-ethyl adjacent to an activating group) is 1. The molecule has 7 nitrogen and oxygen atoms in total. The Hall–Kier alpha value is -3.19. The molecule has 4 amide bonds. The highest BCUT2D eigenvalue weighted by Gasteiger charge is 2.27. The lowest BCUT2D eigenvalue weighted by Crippen LogP contribution is -2.46. The zero-order valence-corrected chi connectivity index (χ0v) is 17.3. The maximum absolute atomic E-state index is 12.8. The van der Waals surface area contributed by atoms with Crippen molar-refractivity contribution in [1.29, 1.82) is 0 Å². The molecule has 0 aromatic heterocycles. The molecule has 0 radical (unpaired) electrons. The summed E-state index contributed by atoms with van der Waals surface area (Å²) in [6.07, 6.45) is 0. The van der Waals surface area contributed by atoms with Crippen LogP contribution in [-0.2, 0) is 9.59 Å². The molecule has 154 valence electrons. The van der Waals surface area contributed by atoms with Gasteiger partial charge in [0.25, 0.3) is 0 Å². The van der Waals surface area contributed by atoms with E-state index in [1.54, 1.807) is 31.0 Å². The smallest absolute Gasteiger partial charge is 0.321 e. The van der Waals surface area contributed by atoms with Crippen LogP contribution < -0.4 is 16.0 Å². The van der Waals surface area contributed by atoms with Gasteiger partial charge in [0.2, 0.25) is 11.8 Å². The monoisotopic (exact) mass is 396 g/mol. The second-order valence-corrected chi connectivity index (χ2v) is 6.94. The van der Waals surface area contributed by atoms with E-state index in [9.17, 15) is 14.4 Å². The summed E-state index contributed by atoms with van der Waals surface area (Å²) in [5.74, 6) is -0.739. The maximum atomic E-state index is 12.8. The Morgan fingerprint density at radius 1 is 1.03 bits per heavy atom. The molecule has 2 rings (SSSR count). The quantitative estimate of drug-likeness (QED) is 0.671. The van der Waals surface area contributed by atoms with Crippen molar-refractivity contribution in [2.45, 2.75) is 26.8 Å². The third kappa shape index (κ3) is 6.43. The lowest BCUT2D eigenvalue weighted by atomic mass is 10.0. The number of benzene rings is 2. The number of nitrogens with zero attached hydrogens (tertiary/aromatic N) is 1. The molecule has 1 atom stereocenters. The first-order valence-electron chi connectivity index (χ1n) is 9.52. The van der Waals surface area contributed by atoms with Crippen molar-refractivity contribution in [3.63, 3.8) is 0 Å². The third-order valence-corrected chi connectivity index (χ3v) is 4.44. The number of imide groups is 1. The fraction of sp³-hybridized carbons (Fsp3) is 0.318. The van der Waals surface area contributed by atoms with Gasteiger partial charge in [-0.1, -0.05) is 42.5 Å². The Labute approximate surface area is 171 Å². The Morgan fingerprint density at radius 3 is 2.38 bits per heavy atom. The molecule has 0 saturated heterocycles. The number of hydrogen-bond donors (Lipinski definition) is 3. The molecule has 0 aliphatic rings. The number of amides is 4. The normalized spacial score (nSPS) is 11.6. The largest absolute Gasteiger partial charge is 0.338 e. The second-order valence-electron chi connectivity index (χ2n) is 6.94. The van der Waals surface area contributed by atoms with Crippen molar-refractivity contribution in [3.8, 4) is 0 Å². The van der Waals surface area contributed by atoms with E-state index in [0.717, 1.165) is 16.8 Å². The standard InChI is InChI=1S/C22H28N4O3/c1-5-23-22(29)25-21(28)20(17-9-7-6-8-10-17)26(4)14-19(27)24-18-13-15(2)11-12-16(18)3/h6-13,20H,5,14H2,1-4H3,(H,24,27)(H2,23,25,28,29)/t20-/m1/s1. The highest BCUT2D eigenvalue weighted by molar-refractivity contribution is 5.98. The molecule has 29 heavy (non-hydrogen) atoms. The number of anilines is 1. The first-order valence-corrected chi connectivity index (χ1v) is 9.52. The number of urea groups is 1. The molecule has 0 heterocycles. The molecule has 2 aromatic rings. The zero-order chi connectivity index (χ0) is 21.4. The van der Waals surface area contributed by atoms with Gasteiger partial charge in [0.15, 0.2) is 0 Å². The topological polar surface area (TPSA) is 90.5 Å². The predicted molar refractivity (Wildman–Crippen MR) is 114 cm³/mol. The Morgan fingerprint density at radius 2 is 1.72 bits per heavy atom. The van der Waals surface area contributed by atoms with Crippen LogP contribution in [-0.4, -0.2) is 42.9 Å². The van der Waals surface area contributed by atoms with E-state index in [4.69, 9.17) is 0 Å². The molecular formula is C22H28N4O3. The number of carbonyl (C=O) groups is 3. The third-order valence-electron chi connectivity index (χ3n) is 4.44. The van der Waals surface area contributed by atoms with Gasteiger partial charge in [0, 0.05) is 12.2 Å². The van der Waals surface area contributed by atoms with Crippen molar-refractivity contribution < 1.29 is 14.4 Å². The first-order chi connectivity index (χ1) is 13.8. The Kier molecular flexibility index (Phi) is 7.91. The summed E-state index contributed by atoms with van der Waals surface area (Å²) in [6, 6.07) is 13.5. The maximum Gasteiger partial charge on any atom is 0.321 e. The number of nitrogens with one attached hydrogen (secondary N) is 3. The molecular weight excluding hydrogens is 368 g/mol. The lowest BCUT2D eigenvalue weighted by Gasteiger charge is -2.27. The summed E-state index contributed by atoms with van der Waals surface area (Å²) in [6.45, 7) is 6.03. The van der Waals surface area contributed by atoms with Crippen LogP contribution in [0.25, 0.3) is 0 Å². The lowest BCUT2D eigenvalue weighted by molar-refractivity contribution is -0.126. The summed E-state index contributed by atoms with van der Waals surface area (Å²) in [4.78, 5) is 38.8. The van der Waals surface area contributed by atoms with Gasteiger partial charge < -0.3 is 10.6 Å². The molecule has 0 aliphatic heterocycles. The van der Waals surface area contributed by atoms with Crippen LogP contribution in [0.1, 0.15) is 29.7 Å². The van der Waals surface area contributed by atoms with Gasteiger partial charge in [-0.3, -0.25) is 19.8 Å². The van der Waals surface area contributed by atoms with Crippen LogP contribution >= 0.6 is 0 Å². The van der Waals surface area contributed by atoms with E-state index in [1.165, 1.54) is 0 Å². The summed E-state index contributed by atoms with van der Waals surface area (Å²) in [5.41, 5.74) is 3.44. The van der Waals surface area contributed by atoms with Crippen molar-refractivity contribution in [1.82, 2.24) is 15.5 Å². The van der Waals surface area contributed by atoms with Crippen LogP contribution in [0, 0.1) is 13.8 Å². The van der Waals surface area contributed by atoms with Crippen LogP contribution in [0.3, 0.4) is 0 Å². The van der Waals surface area contributed by atoms with Gasteiger partial charge in [0.1, 0.15) is 6.04 Å². The minimum absolute atomic E-state index is 0.0181. The fourth-order valence-electron chi connectivity index (χ4n) is 3.00. The average molecular weight is 396 g/mol. The summed E-state index contributed by atoms with van der Waals surface area (Å²) in [7, 11) is 1.68. The highest BCUT2D eigenvalue weighted by atomic mass is 16.2. The number of aryl methyl sites for hydroxylation is 2. The van der Waals surface area contributed by atoms with Crippen molar-refractivity contribution in [2.75, 3.05) is 25.5 Å². The van der Waals surface area contributed by atoms with Crippen LogP contribution in [0.5, 0.6) is 0 Å². The molecule has 0 fully saturated rings. The molecule has 0 bridgehead atoms. The molecule has 0 spiro atoms. The van der Waals surface area contributed by atoms with Crippen molar-refractivity contribution >= 4 is 23.5 Å². The van der Waals surface area contributed by atoms with Gasteiger partial charge in [-0.25, -0.2) is 4.79 Å². The van der Waals surface area contributed by atoms with Crippen molar-refractivity contribution in [2.24, 2.45) is 0 Å². The zero-order valence-electron chi connectivity index (χ0n) is 17.3. The van der Waals surface area contributed by atoms with E-state index in [1.807, 2.05) is 50.2 Å². The van der Waals surface area contributed by atoms with E-state index >= 15 is 0 Å². The van der Waals surface area contributed by atoms with Gasteiger partial charge in [-0.2, -0.15) is 0 Å². The van der Waals surface area contributed by atoms with Crippen LogP contribution in [0.4, 0.5) is 10.5 Å². The highest BCUT2D eigenvalue weighted by Crippen LogP contribution is 2.20. The molecule has 7 heteroatoms. The summed E-state index contributed by atoms with van der Waals surface area (Å²) >= 11 is 0. The van der Waals surface area contributed by atoms with Gasteiger partial charge in [-0.15, -0.1) is 0 Å². The van der Waals surface area contributed by atoms with Gasteiger partial charge >= 0.3 is 6.03 Å². The number of hydrogen-bond acceptors (Lipinski definition) is 4. The molecule has 2 aromatic carbocycles. The second kappa shape index (κ2) is 10.4. The molecule has 0 unspecified atom stereocenters. The number of rotatable bonds is 7. The predicted octanol–water partition coefficient (Wildman–Crippen LogP) is 2.76.